The van der Waals surface area contributed by atoms with Gasteiger partial charge in [-0.3, -0.25) is 4.90 Å². The summed E-state index contributed by atoms with van der Waals surface area (Å²) in [6.07, 6.45) is 2.58. The number of hydrogen-bond acceptors (Lipinski definition) is 2. The molecule has 0 aromatic rings. The molecule has 0 unspecified atom stereocenters. The summed E-state index contributed by atoms with van der Waals surface area (Å²) in [6.45, 7) is 1.58. The normalized spacial score (nSPS) is 40.9. The highest BCUT2D eigenvalue weighted by Gasteiger charge is 2.35. The van der Waals surface area contributed by atoms with E-state index in [4.69, 9.17) is 5.73 Å². The van der Waals surface area contributed by atoms with E-state index in [-0.39, 0.29) is 6.04 Å². The second-order valence-corrected chi connectivity index (χ2v) is 3.69. The van der Waals surface area contributed by atoms with Gasteiger partial charge in [0.1, 0.15) is 6.17 Å². The van der Waals surface area contributed by atoms with Crippen LogP contribution < -0.4 is 5.73 Å². The van der Waals surface area contributed by atoms with Crippen LogP contribution in [0, 0.1) is 0 Å². The predicted octanol–water partition coefficient (Wildman–Crippen LogP) is 0.520. The van der Waals surface area contributed by atoms with Gasteiger partial charge in [-0.2, -0.15) is 0 Å². The van der Waals surface area contributed by atoms with E-state index >= 15 is 0 Å². The molecule has 0 aromatic carbocycles. The molecule has 0 aromatic heterocycles. The van der Waals surface area contributed by atoms with Crippen LogP contribution in [0.2, 0.25) is 0 Å². The van der Waals surface area contributed by atoms with E-state index < -0.39 is 6.17 Å². The summed E-state index contributed by atoms with van der Waals surface area (Å²) in [5, 5.41) is 0. The number of halogens is 1. The first-order valence-corrected chi connectivity index (χ1v) is 4.41. The Morgan fingerprint density at radius 2 is 2.00 bits per heavy atom. The number of rotatable bonds is 1. The van der Waals surface area contributed by atoms with Gasteiger partial charge < -0.3 is 5.73 Å². The molecule has 1 saturated carbocycles. The Morgan fingerprint density at radius 3 is 2.55 bits per heavy atom. The number of nitrogens with zero attached hydrogens (tertiary/aromatic N) is 1. The van der Waals surface area contributed by atoms with Gasteiger partial charge in [0.05, 0.1) is 0 Å². The second kappa shape index (κ2) is 2.72. The van der Waals surface area contributed by atoms with Crippen LogP contribution in [0.5, 0.6) is 0 Å². The van der Waals surface area contributed by atoms with Crippen molar-refractivity contribution < 1.29 is 4.39 Å². The predicted molar refractivity (Wildman–Crippen MR) is 42.1 cm³/mol. The fraction of sp³-hybridized carbons (Fsp3) is 1.00. The minimum Gasteiger partial charge on any atom is -0.325 e. The van der Waals surface area contributed by atoms with Crippen molar-refractivity contribution in [3.63, 3.8) is 0 Å². The van der Waals surface area contributed by atoms with Crippen molar-refractivity contribution in [2.24, 2.45) is 5.73 Å². The molecule has 1 aliphatic heterocycles. The van der Waals surface area contributed by atoms with Crippen LogP contribution in [-0.4, -0.2) is 36.2 Å². The van der Waals surface area contributed by atoms with Gasteiger partial charge in [-0.1, -0.05) is 0 Å². The lowest BCUT2D eigenvalue weighted by Crippen LogP contribution is -2.49. The summed E-state index contributed by atoms with van der Waals surface area (Å²) >= 11 is 0. The van der Waals surface area contributed by atoms with E-state index in [1.807, 2.05) is 0 Å². The summed E-state index contributed by atoms with van der Waals surface area (Å²) in [5.41, 5.74) is 5.56. The molecular weight excluding hydrogens is 143 g/mol. The van der Waals surface area contributed by atoms with Gasteiger partial charge in [-0.25, -0.2) is 4.39 Å². The van der Waals surface area contributed by atoms with Crippen molar-refractivity contribution in [3.05, 3.63) is 0 Å². The van der Waals surface area contributed by atoms with Crippen LogP contribution in [0.3, 0.4) is 0 Å². The van der Waals surface area contributed by atoms with E-state index in [2.05, 4.69) is 4.90 Å². The van der Waals surface area contributed by atoms with E-state index in [9.17, 15) is 4.39 Å². The van der Waals surface area contributed by atoms with E-state index in [1.165, 1.54) is 12.8 Å². The third-order valence-corrected chi connectivity index (χ3v) is 2.69. The molecule has 2 fully saturated rings. The Hall–Kier alpha value is -0.150. The number of likely N-dealkylation sites (tertiary alicyclic amines) is 1. The SMILES string of the molecule is N[C@H]1CCN(C2CC2)C[C@@H]1F. The molecule has 11 heavy (non-hydrogen) atoms. The molecule has 2 nitrogen and oxygen atoms in total. The Labute approximate surface area is 66.5 Å². The Bertz CT molecular complexity index is 147. The minimum atomic E-state index is -0.788. The highest BCUT2D eigenvalue weighted by molar-refractivity contribution is 4.91. The molecule has 3 heteroatoms. The molecular formula is C8H15FN2. The van der Waals surface area contributed by atoms with E-state index in [0.717, 1.165) is 13.0 Å². The van der Waals surface area contributed by atoms with Gasteiger partial charge in [-0.05, 0) is 19.3 Å². The number of alkyl halides is 1. The van der Waals surface area contributed by atoms with Gasteiger partial charge in [0.15, 0.2) is 0 Å². The molecule has 0 spiro atoms. The van der Waals surface area contributed by atoms with Crippen molar-refractivity contribution in [3.8, 4) is 0 Å². The zero-order valence-corrected chi connectivity index (χ0v) is 6.67. The second-order valence-electron chi connectivity index (χ2n) is 3.69. The summed E-state index contributed by atoms with van der Waals surface area (Å²) in [5.74, 6) is 0. The first kappa shape index (κ1) is 7.50. The van der Waals surface area contributed by atoms with Gasteiger partial charge in [0, 0.05) is 25.2 Å². The lowest BCUT2D eigenvalue weighted by Gasteiger charge is -2.32. The molecule has 0 radical (unpaired) electrons. The number of hydrogen-bond donors (Lipinski definition) is 1. The molecule has 1 heterocycles. The lowest BCUT2D eigenvalue weighted by atomic mass is 10.0. The van der Waals surface area contributed by atoms with Crippen molar-refractivity contribution in [1.82, 2.24) is 4.90 Å². The van der Waals surface area contributed by atoms with E-state index in [1.54, 1.807) is 0 Å². The van der Waals surface area contributed by atoms with Gasteiger partial charge in [0.2, 0.25) is 0 Å². The molecule has 2 N–H and O–H groups in total. The molecule has 1 saturated heterocycles. The fourth-order valence-electron chi connectivity index (χ4n) is 1.72. The number of nitrogens with two attached hydrogens (primary N) is 1. The first-order chi connectivity index (χ1) is 5.27. The maximum absolute atomic E-state index is 13.0. The maximum Gasteiger partial charge on any atom is 0.128 e. The Morgan fingerprint density at radius 1 is 1.27 bits per heavy atom. The zero-order valence-electron chi connectivity index (χ0n) is 6.67. The number of piperidine rings is 1. The van der Waals surface area contributed by atoms with Gasteiger partial charge in [0.25, 0.3) is 0 Å². The summed E-state index contributed by atoms with van der Waals surface area (Å²) < 4.78 is 13.0. The molecule has 2 rings (SSSR count). The summed E-state index contributed by atoms with van der Waals surface area (Å²) in [6, 6.07) is 0.491. The van der Waals surface area contributed by atoms with Crippen molar-refractivity contribution in [1.29, 1.82) is 0 Å². The quantitative estimate of drug-likeness (QED) is 0.603. The molecule has 0 amide bonds. The topological polar surface area (TPSA) is 29.3 Å². The van der Waals surface area contributed by atoms with Crippen molar-refractivity contribution in [2.45, 2.75) is 37.5 Å². The first-order valence-electron chi connectivity index (χ1n) is 4.41. The van der Waals surface area contributed by atoms with Gasteiger partial charge >= 0.3 is 0 Å². The smallest absolute Gasteiger partial charge is 0.128 e. The largest absolute Gasteiger partial charge is 0.325 e. The standard InChI is InChI=1S/C8H15FN2/c9-7-5-11(6-1-2-6)4-3-8(7)10/h6-8H,1-5,10H2/t7-,8-/m0/s1. The minimum absolute atomic E-state index is 0.204. The van der Waals surface area contributed by atoms with E-state index in [0.29, 0.717) is 12.6 Å². The monoisotopic (exact) mass is 158 g/mol. The molecule has 2 aliphatic rings. The average Bonchev–Trinajstić information content (AvgIpc) is 2.77. The lowest BCUT2D eigenvalue weighted by molar-refractivity contribution is 0.114. The van der Waals surface area contributed by atoms with Crippen LogP contribution in [0.25, 0.3) is 0 Å². The third-order valence-electron chi connectivity index (χ3n) is 2.69. The Balaban J connectivity index is 1.86. The summed E-state index contributed by atoms with van der Waals surface area (Å²) in [4.78, 5) is 2.24. The van der Waals surface area contributed by atoms with Crippen LogP contribution in [0.4, 0.5) is 4.39 Å². The molecule has 0 bridgehead atoms. The fourth-order valence-corrected chi connectivity index (χ4v) is 1.72. The molecule has 2 atom stereocenters. The van der Waals surface area contributed by atoms with Crippen molar-refractivity contribution in [2.75, 3.05) is 13.1 Å². The van der Waals surface area contributed by atoms with Crippen LogP contribution in [-0.2, 0) is 0 Å². The van der Waals surface area contributed by atoms with Crippen LogP contribution in [0.1, 0.15) is 19.3 Å². The highest BCUT2D eigenvalue weighted by atomic mass is 19.1. The van der Waals surface area contributed by atoms with Crippen LogP contribution in [0.15, 0.2) is 0 Å². The summed E-state index contributed by atoms with van der Waals surface area (Å²) in [7, 11) is 0. The average molecular weight is 158 g/mol. The maximum atomic E-state index is 13.0. The Kier molecular flexibility index (Phi) is 1.85. The van der Waals surface area contributed by atoms with Crippen molar-refractivity contribution >= 4 is 0 Å². The van der Waals surface area contributed by atoms with Gasteiger partial charge in [-0.15, -0.1) is 0 Å². The highest BCUT2D eigenvalue weighted by Crippen LogP contribution is 2.29. The molecule has 64 valence electrons. The third kappa shape index (κ3) is 1.54. The zero-order chi connectivity index (χ0) is 7.84. The van der Waals surface area contributed by atoms with Crippen LogP contribution >= 0.6 is 0 Å². The molecule has 1 aliphatic carbocycles.